The molecule has 1 saturated carbocycles. The number of nitrogens with one attached hydrogen (secondary N) is 2. The molecule has 0 amide bonds. The average Bonchev–Trinajstić information content (AvgIpc) is 2.40. The molecule has 0 unspecified atom stereocenters. The van der Waals surface area contributed by atoms with Crippen LogP contribution in [0.2, 0.25) is 0 Å². The molecular weight excluding hydrogens is 212 g/mol. The van der Waals surface area contributed by atoms with E-state index in [9.17, 15) is 0 Å². The highest BCUT2D eigenvalue weighted by molar-refractivity contribution is 5.38. The van der Waals surface area contributed by atoms with Gasteiger partial charge in [0.15, 0.2) is 0 Å². The van der Waals surface area contributed by atoms with Gasteiger partial charge < -0.3 is 10.6 Å². The van der Waals surface area contributed by atoms with Crippen molar-refractivity contribution in [1.82, 2.24) is 9.97 Å². The van der Waals surface area contributed by atoms with Crippen LogP contribution in [-0.2, 0) is 0 Å². The molecule has 94 valence electrons. The van der Waals surface area contributed by atoms with Crippen molar-refractivity contribution in [3.63, 3.8) is 0 Å². The second-order valence-electron chi connectivity index (χ2n) is 4.73. The lowest BCUT2D eigenvalue weighted by atomic mass is 9.87. The number of aromatic nitrogens is 2. The van der Waals surface area contributed by atoms with Gasteiger partial charge in [-0.3, -0.25) is 0 Å². The topological polar surface area (TPSA) is 49.8 Å². The molecule has 1 aromatic rings. The van der Waals surface area contributed by atoms with E-state index in [0.717, 1.165) is 18.3 Å². The third-order valence-corrected chi connectivity index (χ3v) is 3.46. The van der Waals surface area contributed by atoms with E-state index in [4.69, 9.17) is 0 Å². The third-order valence-electron chi connectivity index (χ3n) is 3.46. The molecule has 0 bridgehead atoms. The van der Waals surface area contributed by atoms with Crippen molar-refractivity contribution in [2.45, 2.75) is 38.5 Å². The van der Waals surface area contributed by atoms with E-state index in [1.807, 2.05) is 13.1 Å². The Morgan fingerprint density at radius 1 is 1.29 bits per heavy atom. The van der Waals surface area contributed by atoms with Crippen LogP contribution < -0.4 is 10.6 Å². The van der Waals surface area contributed by atoms with Gasteiger partial charge in [0.25, 0.3) is 0 Å². The van der Waals surface area contributed by atoms with Crippen LogP contribution in [0.3, 0.4) is 0 Å². The van der Waals surface area contributed by atoms with Crippen molar-refractivity contribution in [2.75, 3.05) is 24.2 Å². The first-order chi connectivity index (χ1) is 8.38. The Bertz CT molecular complexity index is 334. The fraction of sp³-hybridized carbons (Fsp3) is 0.692. The minimum absolute atomic E-state index is 0.674. The summed E-state index contributed by atoms with van der Waals surface area (Å²) in [5, 5.41) is 6.32. The Morgan fingerprint density at radius 2 is 2.12 bits per heavy atom. The molecule has 4 nitrogen and oxygen atoms in total. The molecule has 1 aliphatic carbocycles. The first-order valence-corrected chi connectivity index (χ1v) is 6.63. The maximum Gasteiger partial charge on any atom is 0.224 e. The molecule has 17 heavy (non-hydrogen) atoms. The lowest BCUT2D eigenvalue weighted by Crippen LogP contribution is -2.13. The lowest BCUT2D eigenvalue weighted by Gasteiger charge is -2.21. The largest absolute Gasteiger partial charge is 0.370 e. The second kappa shape index (κ2) is 6.42. The number of rotatable bonds is 5. The van der Waals surface area contributed by atoms with Gasteiger partial charge in [0.05, 0.1) is 0 Å². The first kappa shape index (κ1) is 12.1. The summed E-state index contributed by atoms with van der Waals surface area (Å²) in [6.45, 7) is 1.02. The minimum Gasteiger partial charge on any atom is -0.370 e. The molecule has 1 aliphatic rings. The summed E-state index contributed by atoms with van der Waals surface area (Å²) in [5.74, 6) is 2.51. The molecule has 0 spiro atoms. The summed E-state index contributed by atoms with van der Waals surface area (Å²) in [5.41, 5.74) is 0. The van der Waals surface area contributed by atoms with Crippen LogP contribution in [0.4, 0.5) is 11.8 Å². The molecule has 2 N–H and O–H groups in total. The van der Waals surface area contributed by atoms with Crippen molar-refractivity contribution in [3.8, 4) is 0 Å². The fourth-order valence-electron chi connectivity index (χ4n) is 2.46. The molecule has 0 radical (unpaired) electrons. The number of anilines is 2. The summed E-state index contributed by atoms with van der Waals surface area (Å²) in [4.78, 5) is 8.43. The lowest BCUT2D eigenvalue weighted by molar-refractivity contribution is 0.345. The van der Waals surface area contributed by atoms with Crippen molar-refractivity contribution in [2.24, 2.45) is 5.92 Å². The Kier molecular flexibility index (Phi) is 4.59. The van der Waals surface area contributed by atoms with Crippen molar-refractivity contribution >= 4 is 11.8 Å². The molecule has 4 heteroatoms. The monoisotopic (exact) mass is 234 g/mol. The zero-order valence-corrected chi connectivity index (χ0v) is 10.6. The normalized spacial score (nSPS) is 16.8. The third kappa shape index (κ3) is 3.88. The summed E-state index contributed by atoms with van der Waals surface area (Å²) in [7, 11) is 1.83. The van der Waals surface area contributed by atoms with Gasteiger partial charge in [-0.05, 0) is 18.4 Å². The first-order valence-electron chi connectivity index (χ1n) is 6.63. The SMILES string of the molecule is CNc1nccc(NCCC2CCCCC2)n1. The van der Waals surface area contributed by atoms with Gasteiger partial charge in [-0.15, -0.1) is 0 Å². The Labute approximate surface area is 103 Å². The molecule has 1 fully saturated rings. The van der Waals surface area contributed by atoms with Crippen LogP contribution in [-0.4, -0.2) is 23.6 Å². The highest BCUT2D eigenvalue weighted by Crippen LogP contribution is 2.26. The molecule has 0 atom stereocenters. The summed E-state index contributed by atoms with van der Waals surface area (Å²) < 4.78 is 0. The molecule has 0 aliphatic heterocycles. The molecule has 0 aromatic carbocycles. The van der Waals surface area contributed by atoms with Gasteiger partial charge in [0, 0.05) is 19.8 Å². The number of hydrogen-bond donors (Lipinski definition) is 2. The van der Waals surface area contributed by atoms with E-state index in [0.29, 0.717) is 5.95 Å². The molecule has 2 rings (SSSR count). The molecule has 1 heterocycles. The van der Waals surface area contributed by atoms with Gasteiger partial charge in [-0.1, -0.05) is 32.1 Å². The van der Waals surface area contributed by atoms with E-state index in [1.54, 1.807) is 6.20 Å². The molecule has 1 aromatic heterocycles. The zero-order chi connectivity index (χ0) is 11.9. The fourth-order valence-corrected chi connectivity index (χ4v) is 2.46. The van der Waals surface area contributed by atoms with Crippen molar-refractivity contribution < 1.29 is 0 Å². The van der Waals surface area contributed by atoms with E-state index in [1.165, 1.54) is 38.5 Å². The van der Waals surface area contributed by atoms with Crippen LogP contribution in [0, 0.1) is 5.92 Å². The second-order valence-corrected chi connectivity index (χ2v) is 4.73. The standard InChI is InChI=1S/C13H22N4/c1-14-13-16-10-8-12(17-13)15-9-7-11-5-3-2-4-6-11/h8,10-11H,2-7,9H2,1H3,(H2,14,15,16,17). The Balaban J connectivity index is 1.73. The van der Waals surface area contributed by atoms with E-state index in [-0.39, 0.29) is 0 Å². The van der Waals surface area contributed by atoms with Crippen LogP contribution in [0.5, 0.6) is 0 Å². The smallest absolute Gasteiger partial charge is 0.224 e. The van der Waals surface area contributed by atoms with Gasteiger partial charge in [0.2, 0.25) is 5.95 Å². The zero-order valence-electron chi connectivity index (χ0n) is 10.6. The highest BCUT2D eigenvalue weighted by Gasteiger charge is 2.12. The van der Waals surface area contributed by atoms with E-state index in [2.05, 4.69) is 20.6 Å². The van der Waals surface area contributed by atoms with Crippen molar-refractivity contribution in [1.29, 1.82) is 0 Å². The van der Waals surface area contributed by atoms with E-state index < -0.39 is 0 Å². The maximum atomic E-state index is 4.34. The van der Waals surface area contributed by atoms with Gasteiger partial charge in [0.1, 0.15) is 5.82 Å². The van der Waals surface area contributed by atoms with E-state index >= 15 is 0 Å². The number of hydrogen-bond acceptors (Lipinski definition) is 4. The van der Waals surface area contributed by atoms with Crippen LogP contribution in [0.1, 0.15) is 38.5 Å². The van der Waals surface area contributed by atoms with Gasteiger partial charge in [-0.25, -0.2) is 4.98 Å². The maximum absolute atomic E-state index is 4.34. The average molecular weight is 234 g/mol. The highest BCUT2D eigenvalue weighted by atomic mass is 15.1. The van der Waals surface area contributed by atoms with Gasteiger partial charge >= 0.3 is 0 Å². The Hall–Kier alpha value is -1.32. The van der Waals surface area contributed by atoms with Crippen molar-refractivity contribution in [3.05, 3.63) is 12.3 Å². The molecule has 0 saturated heterocycles. The molecular formula is C13H22N4. The Morgan fingerprint density at radius 3 is 2.88 bits per heavy atom. The van der Waals surface area contributed by atoms with Crippen LogP contribution in [0.15, 0.2) is 12.3 Å². The minimum atomic E-state index is 0.674. The predicted molar refractivity (Wildman–Crippen MR) is 71.3 cm³/mol. The predicted octanol–water partition coefficient (Wildman–Crippen LogP) is 2.90. The summed E-state index contributed by atoms with van der Waals surface area (Å²) >= 11 is 0. The van der Waals surface area contributed by atoms with Crippen LogP contribution in [0.25, 0.3) is 0 Å². The van der Waals surface area contributed by atoms with Gasteiger partial charge in [-0.2, -0.15) is 4.98 Å². The summed E-state index contributed by atoms with van der Waals surface area (Å²) in [6.07, 6.45) is 10.1. The number of nitrogens with zero attached hydrogens (tertiary/aromatic N) is 2. The quantitative estimate of drug-likeness (QED) is 0.822. The summed E-state index contributed by atoms with van der Waals surface area (Å²) in [6, 6.07) is 1.92. The van der Waals surface area contributed by atoms with Crippen LogP contribution >= 0.6 is 0 Å².